The van der Waals surface area contributed by atoms with E-state index >= 15 is 0 Å². The molecule has 0 nitrogen and oxygen atoms in total. The molecule has 162 valence electrons. The minimum absolute atomic E-state index is 0.106. The Labute approximate surface area is 199 Å². The number of benzene rings is 5. The van der Waals surface area contributed by atoms with Crippen molar-refractivity contribution < 1.29 is 0 Å². The summed E-state index contributed by atoms with van der Waals surface area (Å²) in [6.45, 7) is 14.0. The van der Waals surface area contributed by atoms with E-state index in [2.05, 4.69) is 114 Å². The van der Waals surface area contributed by atoms with E-state index in [4.69, 9.17) is 0 Å². The molecule has 0 amide bonds. The topological polar surface area (TPSA) is 0 Å². The summed E-state index contributed by atoms with van der Waals surface area (Å²) in [6, 6.07) is 27.0. The summed E-state index contributed by atoms with van der Waals surface area (Å²) >= 11 is 4.03. The molecule has 0 N–H and O–H groups in total. The van der Waals surface area contributed by atoms with Gasteiger partial charge in [0.25, 0.3) is 0 Å². The van der Waals surface area contributed by atoms with Gasteiger partial charge in [0, 0.05) is 30.1 Å². The van der Waals surface area contributed by atoms with Crippen molar-refractivity contribution >= 4 is 66.6 Å². The van der Waals surface area contributed by atoms with E-state index < -0.39 is 0 Å². The van der Waals surface area contributed by atoms with Crippen LogP contribution in [-0.2, 0) is 0 Å². The van der Waals surface area contributed by atoms with E-state index in [-0.39, 0.29) is 9.49 Å². The van der Waals surface area contributed by atoms with Gasteiger partial charge in [-0.3, -0.25) is 0 Å². The molecule has 5 aromatic rings. The highest BCUT2D eigenvalue weighted by Gasteiger charge is 2.26. The van der Waals surface area contributed by atoms with Crippen molar-refractivity contribution in [2.24, 2.45) is 0 Å². The first-order chi connectivity index (χ1) is 15.1. The standard InChI is InChI=1S/C30H30S2/c1-29(2,3)31-27-25-21-13-9-7-11-19(21)15-17-23(25)24-18-16-20-12-8-10-14-22(20)26(24)28(27)32-30(4,5)6/h7-18H,1-6H3. The molecule has 0 bridgehead atoms. The average Bonchev–Trinajstić information content (AvgIpc) is 2.73. The fourth-order valence-electron chi connectivity index (χ4n) is 4.52. The Balaban J connectivity index is 2.09. The second-order valence-corrected chi connectivity index (χ2v) is 14.2. The van der Waals surface area contributed by atoms with Crippen LogP contribution >= 0.6 is 23.5 Å². The van der Waals surface area contributed by atoms with Gasteiger partial charge < -0.3 is 0 Å². The third-order valence-corrected chi connectivity index (χ3v) is 8.20. The summed E-state index contributed by atoms with van der Waals surface area (Å²) in [6.07, 6.45) is 0. The highest BCUT2D eigenvalue weighted by Crippen LogP contribution is 2.52. The molecule has 0 heterocycles. The average molecular weight is 455 g/mol. The van der Waals surface area contributed by atoms with Crippen LogP contribution in [0.15, 0.2) is 82.6 Å². The largest absolute Gasteiger partial charge is 0.118 e. The Morgan fingerprint density at radius 1 is 0.438 bits per heavy atom. The molecule has 0 aromatic heterocycles. The Kier molecular flexibility index (Phi) is 5.22. The summed E-state index contributed by atoms with van der Waals surface area (Å²) in [7, 11) is 0. The molecule has 0 spiro atoms. The van der Waals surface area contributed by atoms with Crippen molar-refractivity contribution in [2.75, 3.05) is 0 Å². The Morgan fingerprint density at radius 3 is 1.19 bits per heavy atom. The van der Waals surface area contributed by atoms with Crippen LogP contribution < -0.4 is 0 Å². The molecule has 5 aromatic carbocycles. The number of fused-ring (bicyclic) bond motifs is 7. The zero-order valence-corrected chi connectivity index (χ0v) is 21.4. The van der Waals surface area contributed by atoms with E-state index in [9.17, 15) is 0 Å². The van der Waals surface area contributed by atoms with Gasteiger partial charge in [-0.1, -0.05) is 114 Å². The minimum atomic E-state index is 0.106. The molecule has 0 saturated heterocycles. The highest BCUT2D eigenvalue weighted by molar-refractivity contribution is 8.03. The monoisotopic (exact) mass is 454 g/mol. The summed E-state index contributed by atoms with van der Waals surface area (Å²) in [5.74, 6) is 0. The maximum Gasteiger partial charge on any atom is 0.0305 e. The first-order valence-corrected chi connectivity index (χ1v) is 12.9. The molecule has 0 fully saturated rings. The maximum absolute atomic E-state index is 2.34. The van der Waals surface area contributed by atoms with Crippen LogP contribution in [-0.4, -0.2) is 9.49 Å². The smallest absolute Gasteiger partial charge is 0.0305 e. The normalized spacial score (nSPS) is 12.9. The molecule has 0 aliphatic carbocycles. The lowest BCUT2D eigenvalue weighted by Gasteiger charge is -2.28. The molecule has 5 rings (SSSR count). The quantitative estimate of drug-likeness (QED) is 0.192. The van der Waals surface area contributed by atoms with Crippen LogP contribution in [0.4, 0.5) is 0 Å². The van der Waals surface area contributed by atoms with E-state index in [1.165, 1.54) is 52.9 Å². The predicted molar refractivity (Wildman–Crippen MR) is 148 cm³/mol. The van der Waals surface area contributed by atoms with Crippen LogP contribution in [0.25, 0.3) is 43.1 Å². The molecular formula is C30H30S2. The number of hydrogen-bond donors (Lipinski definition) is 0. The molecule has 0 aliphatic heterocycles. The molecule has 0 radical (unpaired) electrons. The van der Waals surface area contributed by atoms with Crippen molar-refractivity contribution in [1.82, 2.24) is 0 Å². The van der Waals surface area contributed by atoms with Crippen molar-refractivity contribution in [3.05, 3.63) is 72.8 Å². The second-order valence-electron chi connectivity index (χ2n) is 10.5. The summed E-state index contributed by atoms with van der Waals surface area (Å²) in [5.41, 5.74) is 0. The zero-order chi connectivity index (χ0) is 22.7. The number of thioether (sulfide) groups is 2. The first kappa shape index (κ1) is 21.7. The van der Waals surface area contributed by atoms with E-state index in [0.29, 0.717) is 0 Å². The van der Waals surface area contributed by atoms with Crippen molar-refractivity contribution in [3.8, 4) is 0 Å². The summed E-state index contributed by atoms with van der Waals surface area (Å²) < 4.78 is 0.213. The van der Waals surface area contributed by atoms with E-state index in [0.717, 1.165) is 0 Å². The van der Waals surface area contributed by atoms with Gasteiger partial charge in [0.1, 0.15) is 0 Å². The van der Waals surface area contributed by atoms with Gasteiger partial charge in [0.2, 0.25) is 0 Å². The molecule has 0 saturated carbocycles. The van der Waals surface area contributed by atoms with Crippen molar-refractivity contribution in [3.63, 3.8) is 0 Å². The molecule has 0 aliphatic rings. The minimum Gasteiger partial charge on any atom is -0.118 e. The SMILES string of the molecule is CC(C)(C)Sc1c(SC(C)(C)C)c2c3ccccc3ccc2c2ccc3ccccc3c12. The number of hydrogen-bond acceptors (Lipinski definition) is 2. The predicted octanol–water partition coefficient (Wildman–Crippen LogP) is 10.1. The van der Waals surface area contributed by atoms with Gasteiger partial charge in [0.15, 0.2) is 0 Å². The highest BCUT2D eigenvalue weighted by atomic mass is 32.2. The van der Waals surface area contributed by atoms with Gasteiger partial charge in [-0.15, -0.1) is 23.5 Å². The Bertz CT molecular complexity index is 1370. The zero-order valence-electron chi connectivity index (χ0n) is 19.7. The lowest BCUT2D eigenvalue weighted by molar-refractivity contribution is 0.797. The second kappa shape index (κ2) is 7.71. The lowest BCUT2D eigenvalue weighted by atomic mass is 9.94. The van der Waals surface area contributed by atoms with Gasteiger partial charge in [-0.05, 0) is 32.3 Å². The Hall–Kier alpha value is -2.16. The molecule has 32 heavy (non-hydrogen) atoms. The van der Waals surface area contributed by atoms with Crippen LogP contribution in [0, 0.1) is 0 Å². The van der Waals surface area contributed by atoms with Crippen molar-refractivity contribution in [1.29, 1.82) is 0 Å². The van der Waals surface area contributed by atoms with Crippen LogP contribution in [0.2, 0.25) is 0 Å². The van der Waals surface area contributed by atoms with E-state index in [1.54, 1.807) is 0 Å². The first-order valence-electron chi connectivity index (χ1n) is 11.3. The third kappa shape index (κ3) is 3.89. The number of rotatable bonds is 2. The van der Waals surface area contributed by atoms with Gasteiger partial charge >= 0.3 is 0 Å². The fourth-order valence-corrected chi connectivity index (χ4v) is 7.02. The molecular weight excluding hydrogens is 424 g/mol. The van der Waals surface area contributed by atoms with Crippen LogP contribution in [0.5, 0.6) is 0 Å². The fraction of sp³-hybridized carbons (Fsp3) is 0.267. The molecule has 0 unspecified atom stereocenters. The molecule has 0 atom stereocenters. The van der Waals surface area contributed by atoms with Crippen LogP contribution in [0.3, 0.4) is 0 Å². The molecule has 2 heteroatoms. The van der Waals surface area contributed by atoms with Gasteiger partial charge in [0.05, 0.1) is 0 Å². The maximum atomic E-state index is 2.34. The Morgan fingerprint density at radius 2 is 0.812 bits per heavy atom. The lowest BCUT2D eigenvalue weighted by Crippen LogP contribution is -2.10. The summed E-state index contributed by atoms with van der Waals surface area (Å²) in [4.78, 5) is 2.85. The van der Waals surface area contributed by atoms with Crippen LogP contribution in [0.1, 0.15) is 41.5 Å². The van der Waals surface area contributed by atoms with E-state index in [1.807, 2.05) is 23.5 Å². The van der Waals surface area contributed by atoms with Crippen molar-refractivity contribution in [2.45, 2.75) is 60.8 Å². The van der Waals surface area contributed by atoms with Gasteiger partial charge in [-0.25, -0.2) is 0 Å². The summed E-state index contributed by atoms with van der Waals surface area (Å²) in [5, 5.41) is 10.8. The van der Waals surface area contributed by atoms with Gasteiger partial charge in [-0.2, -0.15) is 0 Å². The third-order valence-electron chi connectivity index (χ3n) is 5.63.